The Morgan fingerprint density at radius 2 is 1.71 bits per heavy atom. The molecule has 0 aromatic heterocycles. The average molecular weight is 387 g/mol. The van der Waals surface area contributed by atoms with E-state index in [1.165, 1.54) is 57.8 Å². The Bertz CT molecular complexity index is 693. The van der Waals surface area contributed by atoms with Gasteiger partial charge in [0.25, 0.3) is 0 Å². The Hall–Kier alpha value is -1.32. The van der Waals surface area contributed by atoms with Gasteiger partial charge in [0.1, 0.15) is 5.60 Å². The fourth-order valence-corrected chi connectivity index (χ4v) is 8.51. The van der Waals surface area contributed by atoms with Crippen molar-refractivity contribution >= 4 is 11.9 Å². The maximum Gasteiger partial charge on any atom is 0.344 e. The summed E-state index contributed by atoms with van der Waals surface area (Å²) in [5, 5.41) is 0. The highest BCUT2D eigenvalue weighted by molar-refractivity contribution is 5.88. The van der Waals surface area contributed by atoms with Gasteiger partial charge in [0.05, 0.1) is 0 Å². The van der Waals surface area contributed by atoms with Crippen LogP contribution in [0.4, 0.5) is 0 Å². The van der Waals surface area contributed by atoms with Crippen LogP contribution in [-0.4, -0.2) is 24.1 Å². The minimum Gasteiger partial charge on any atom is -0.456 e. The lowest BCUT2D eigenvalue weighted by molar-refractivity contribution is -0.249. The van der Waals surface area contributed by atoms with Crippen LogP contribution in [0.1, 0.15) is 71.6 Å². The van der Waals surface area contributed by atoms with Crippen molar-refractivity contribution in [2.45, 2.75) is 77.2 Å². The van der Waals surface area contributed by atoms with Crippen LogP contribution in [0, 0.1) is 40.9 Å². The lowest BCUT2D eigenvalue weighted by Gasteiger charge is -2.66. The molecule has 0 aromatic carbocycles. The van der Waals surface area contributed by atoms with Crippen LogP contribution in [-0.2, 0) is 19.1 Å². The molecule has 0 spiro atoms. The van der Waals surface area contributed by atoms with Gasteiger partial charge in [-0.2, -0.15) is 0 Å². The zero-order chi connectivity index (χ0) is 19.7. The predicted molar refractivity (Wildman–Crippen MR) is 105 cm³/mol. The Balaban J connectivity index is 1.41. The van der Waals surface area contributed by atoms with Crippen LogP contribution in [0.25, 0.3) is 0 Å². The van der Waals surface area contributed by atoms with Gasteiger partial charge in [-0.25, -0.2) is 9.59 Å². The van der Waals surface area contributed by atoms with E-state index < -0.39 is 5.97 Å². The number of ether oxygens (including phenoxy) is 2. The number of carbonyl (C=O) groups is 2. The maximum atomic E-state index is 12.9. The zero-order valence-corrected chi connectivity index (χ0v) is 17.4. The second-order valence-corrected chi connectivity index (χ2v) is 11.1. The molecule has 6 saturated carbocycles. The average Bonchev–Trinajstić information content (AvgIpc) is 3.25. The first kappa shape index (κ1) is 18.7. The second kappa shape index (κ2) is 6.34. The largest absolute Gasteiger partial charge is 0.456 e. The molecule has 6 fully saturated rings. The third-order valence-corrected chi connectivity index (χ3v) is 9.05. The summed E-state index contributed by atoms with van der Waals surface area (Å²) in [6, 6.07) is 0. The van der Waals surface area contributed by atoms with E-state index >= 15 is 0 Å². The second-order valence-electron chi connectivity index (χ2n) is 11.1. The molecular weight excluding hydrogens is 352 g/mol. The molecule has 4 nitrogen and oxygen atoms in total. The van der Waals surface area contributed by atoms with Crippen molar-refractivity contribution < 1.29 is 19.1 Å². The van der Waals surface area contributed by atoms with Gasteiger partial charge in [-0.15, -0.1) is 0 Å². The van der Waals surface area contributed by atoms with Crippen LogP contribution >= 0.6 is 0 Å². The standard InChI is InChI=1S/C24H34O4/c1-14(2)22(26)27-13-21(25)28-24(20-9-15-4-5-17(20)6-15)18-7-16-8-19(24)12-23(3,10-16)11-18/h15-20H,1,4-13H2,2-3H3. The molecule has 0 N–H and O–H groups in total. The van der Waals surface area contributed by atoms with Crippen molar-refractivity contribution in [2.24, 2.45) is 40.9 Å². The van der Waals surface area contributed by atoms with Crippen LogP contribution in [0.15, 0.2) is 12.2 Å². The first-order chi connectivity index (χ1) is 13.3. The fourth-order valence-electron chi connectivity index (χ4n) is 8.51. The summed E-state index contributed by atoms with van der Waals surface area (Å²) in [5.74, 6) is 3.02. The highest BCUT2D eigenvalue weighted by Gasteiger charge is 2.67. The van der Waals surface area contributed by atoms with Crippen LogP contribution in [0.5, 0.6) is 0 Å². The van der Waals surface area contributed by atoms with Gasteiger partial charge in [0.15, 0.2) is 6.61 Å². The molecule has 154 valence electrons. The number of esters is 2. The maximum absolute atomic E-state index is 12.9. The number of carbonyl (C=O) groups excluding carboxylic acids is 2. The predicted octanol–water partition coefficient (Wildman–Crippen LogP) is 4.67. The molecule has 0 heterocycles. The van der Waals surface area contributed by atoms with Gasteiger partial charge in [-0.05, 0) is 81.5 Å². The Labute approximate surface area is 168 Å². The summed E-state index contributed by atoms with van der Waals surface area (Å²) in [4.78, 5) is 24.6. The molecule has 6 rings (SSSR count). The fraction of sp³-hybridized carbons (Fsp3) is 0.833. The topological polar surface area (TPSA) is 52.6 Å². The summed E-state index contributed by atoms with van der Waals surface area (Å²) >= 11 is 0. The zero-order valence-electron chi connectivity index (χ0n) is 17.4. The molecule has 28 heavy (non-hydrogen) atoms. The lowest BCUT2D eigenvalue weighted by atomic mass is 9.42. The molecule has 5 atom stereocenters. The van der Waals surface area contributed by atoms with Crippen molar-refractivity contribution in [1.82, 2.24) is 0 Å². The van der Waals surface area contributed by atoms with Crippen molar-refractivity contribution in [3.05, 3.63) is 12.2 Å². The Morgan fingerprint density at radius 3 is 2.25 bits per heavy atom. The van der Waals surface area contributed by atoms with Gasteiger partial charge in [0.2, 0.25) is 0 Å². The molecule has 0 aromatic rings. The summed E-state index contributed by atoms with van der Waals surface area (Å²) in [6.07, 6.45) is 11.4. The SMILES string of the molecule is C=C(C)C(=O)OCC(=O)OC1(C2CC3CCC2C3)C2CC3CC1CC(C)(C3)C2. The monoisotopic (exact) mass is 386 g/mol. The van der Waals surface area contributed by atoms with E-state index in [0.29, 0.717) is 28.7 Å². The molecule has 6 aliphatic rings. The molecule has 0 amide bonds. The van der Waals surface area contributed by atoms with E-state index in [0.717, 1.165) is 17.8 Å². The summed E-state index contributed by atoms with van der Waals surface area (Å²) in [6.45, 7) is 7.37. The molecule has 6 aliphatic carbocycles. The van der Waals surface area contributed by atoms with Crippen molar-refractivity contribution in [3.63, 3.8) is 0 Å². The normalized spacial score (nSPS) is 47.9. The molecule has 4 heteroatoms. The van der Waals surface area contributed by atoms with Gasteiger partial charge in [-0.1, -0.05) is 19.9 Å². The number of fused-ring (bicyclic) bond motifs is 2. The number of rotatable bonds is 5. The molecule has 6 bridgehead atoms. The van der Waals surface area contributed by atoms with E-state index in [4.69, 9.17) is 9.47 Å². The van der Waals surface area contributed by atoms with Gasteiger partial charge in [0, 0.05) is 23.3 Å². The molecule has 0 aliphatic heterocycles. The smallest absolute Gasteiger partial charge is 0.344 e. The van der Waals surface area contributed by atoms with Crippen molar-refractivity contribution in [3.8, 4) is 0 Å². The third kappa shape index (κ3) is 2.77. The Morgan fingerprint density at radius 1 is 1.00 bits per heavy atom. The molecule has 5 unspecified atom stereocenters. The van der Waals surface area contributed by atoms with Crippen LogP contribution < -0.4 is 0 Å². The third-order valence-electron chi connectivity index (χ3n) is 9.05. The Kier molecular flexibility index (Phi) is 4.23. The minimum atomic E-state index is -0.511. The summed E-state index contributed by atoms with van der Waals surface area (Å²) < 4.78 is 11.6. The molecule has 0 radical (unpaired) electrons. The van der Waals surface area contributed by atoms with E-state index in [9.17, 15) is 9.59 Å². The van der Waals surface area contributed by atoms with Gasteiger partial charge in [-0.3, -0.25) is 0 Å². The summed E-state index contributed by atoms with van der Waals surface area (Å²) in [5.41, 5.74) is 0.456. The highest BCUT2D eigenvalue weighted by atomic mass is 16.6. The van der Waals surface area contributed by atoms with Crippen molar-refractivity contribution in [2.75, 3.05) is 6.61 Å². The minimum absolute atomic E-state index is 0.283. The van der Waals surface area contributed by atoms with E-state index in [-0.39, 0.29) is 18.2 Å². The van der Waals surface area contributed by atoms with E-state index in [2.05, 4.69) is 13.5 Å². The lowest BCUT2D eigenvalue weighted by Crippen LogP contribution is -2.66. The van der Waals surface area contributed by atoms with Crippen LogP contribution in [0.3, 0.4) is 0 Å². The first-order valence-corrected chi connectivity index (χ1v) is 11.3. The molecular formula is C24H34O4. The molecule has 0 saturated heterocycles. The quantitative estimate of drug-likeness (QED) is 0.509. The number of hydrogen-bond donors (Lipinski definition) is 0. The highest BCUT2D eigenvalue weighted by Crippen LogP contribution is 2.69. The number of hydrogen-bond acceptors (Lipinski definition) is 4. The first-order valence-electron chi connectivity index (χ1n) is 11.3. The summed E-state index contributed by atoms with van der Waals surface area (Å²) in [7, 11) is 0. The van der Waals surface area contributed by atoms with Crippen molar-refractivity contribution in [1.29, 1.82) is 0 Å². The van der Waals surface area contributed by atoms with Crippen LogP contribution in [0.2, 0.25) is 0 Å². The van der Waals surface area contributed by atoms with E-state index in [1.807, 2.05) is 0 Å². The van der Waals surface area contributed by atoms with Gasteiger partial charge < -0.3 is 9.47 Å². The van der Waals surface area contributed by atoms with E-state index in [1.54, 1.807) is 6.92 Å². The van der Waals surface area contributed by atoms with Gasteiger partial charge >= 0.3 is 11.9 Å².